The molecule has 98 valence electrons. The normalized spacial score (nSPS) is 17.7. The van der Waals surface area contributed by atoms with Crippen LogP contribution in [0.1, 0.15) is 28.8 Å². The second kappa shape index (κ2) is 5.40. The number of nitrogens with two attached hydrogens (primary N) is 1. The summed E-state index contributed by atoms with van der Waals surface area (Å²) >= 11 is 0. The number of benzene rings is 1. The molecule has 0 spiro atoms. The van der Waals surface area contributed by atoms with Crippen LogP contribution < -0.4 is 11.1 Å². The highest BCUT2D eigenvalue weighted by Gasteiger charge is 2.20. The minimum Gasteiger partial charge on any atom is -0.398 e. The van der Waals surface area contributed by atoms with Gasteiger partial charge in [-0.15, -0.1) is 0 Å². The van der Waals surface area contributed by atoms with E-state index in [2.05, 4.69) is 17.3 Å². The van der Waals surface area contributed by atoms with Gasteiger partial charge in [-0.2, -0.15) is 0 Å². The lowest BCUT2D eigenvalue weighted by atomic mass is 10.0. The summed E-state index contributed by atoms with van der Waals surface area (Å²) in [6.45, 7) is 3.99. The van der Waals surface area contributed by atoms with Gasteiger partial charge in [0.25, 0.3) is 5.91 Å². The first-order chi connectivity index (χ1) is 8.58. The molecule has 1 fully saturated rings. The Balaban J connectivity index is 2.01. The number of para-hydroxylation sites is 1. The molecule has 1 aromatic rings. The summed E-state index contributed by atoms with van der Waals surface area (Å²) in [6, 6.07) is 5.84. The topological polar surface area (TPSA) is 58.4 Å². The van der Waals surface area contributed by atoms with Crippen LogP contribution in [0, 0.1) is 6.92 Å². The van der Waals surface area contributed by atoms with Crippen LogP contribution in [0.5, 0.6) is 0 Å². The van der Waals surface area contributed by atoms with Crippen molar-refractivity contribution in [3.8, 4) is 0 Å². The lowest BCUT2D eigenvalue weighted by molar-refractivity contribution is 0.0917. The summed E-state index contributed by atoms with van der Waals surface area (Å²) in [4.78, 5) is 14.4. The Labute approximate surface area is 108 Å². The van der Waals surface area contributed by atoms with Crippen molar-refractivity contribution in [2.24, 2.45) is 0 Å². The highest BCUT2D eigenvalue weighted by atomic mass is 16.1. The minimum absolute atomic E-state index is 0.0502. The molecule has 0 aromatic heterocycles. The molecule has 1 aliphatic rings. The van der Waals surface area contributed by atoms with E-state index in [4.69, 9.17) is 5.73 Å². The van der Waals surface area contributed by atoms with E-state index >= 15 is 0 Å². The fraction of sp³-hybridized carbons (Fsp3) is 0.500. The molecule has 0 atom stereocenters. The Morgan fingerprint density at radius 3 is 2.72 bits per heavy atom. The number of hydrogen-bond acceptors (Lipinski definition) is 3. The van der Waals surface area contributed by atoms with Crippen LogP contribution in [0.25, 0.3) is 0 Å². The monoisotopic (exact) mass is 247 g/mol. The van der Waals surface area contributed by atoms with E-state index < -0.39 is 0 Å². The van der Waals surface area contributed by atoms with E-state index in [1.54, 1.807) is 6.07 Å². The van der Waals surface area contributed by atoms with Crippen LogP contribution in [0.2, 0.25) is 0 Å². The van der Waals surface area contributed by atoms with Crippen LogP contribution in [-0.2, 0) is 0 Å². The maximum Gasteiger partial charge on any atom is 0.253 e. The number of amides is 1. The van der Waals surface area contributed by atoms with Crippen molar-refractivity contribution >= 4 is 11.6 Å². The van der Waals surface area contributed by atoms with Crippen molar-refractivity contribution in [1.82, 2.24) is 10.2 Å². The molecule has 4 heteroatoms. The van der Waals surface area contributed by atoms with Crippen molar-refractivity contribution in [3.63, 3.8) is 0 Å². The predicted octanol–water partition coefficient (Wildman–Crippen LogP) is 1.40. The van der Waals surface area contributed by atoms with Crippen LogP contribution in [0.4, 0.5) is 5.69 Å². The molecular formula is C14H21N3O. The molecular weight excluding hydrogens is 226 g/mol. The summed E-state index contributed by atoms with van der Waals surface area (Å²) in [7, 11) is 2.11. The molecule has 0 unspecified atom stereocenters. The lowest BCUT2D eigenvalue weighted by Crippen LogP contribution is -2.43. The fourth-order valence-corrected chi connectivity index (χ4v) is 2.29. The predicted molar refractivity (Wildman–Crippen MR) is 73.6 cm³/mol. The van der Waals surface area contributed by atoms with Crippen LogP contribution in [0.3, 0.4) is 0 Å². The fourth-order valence-electron chi connectivity index (χ4n) is 2.29. The molecule has 1 heterocycles. The van der Waals surface area contributed by atoms with E-state index in [0.29, 0.717) is 11.3 Å². The molecule has 1 aliphatic heterocycles. The maximum absolute atomic E-state index is 12.2. The van der Waals surface area contributed by atoms with E-state index in [9.17, 15) is 4.79 Å². The highest BCUT2D eigenvalue weighted by Crippen LogP contribution is 2.17. The lowest BCUT2D eigenvalue weighted by Gasteiger charge is -2.29. The average molecular weight is 247 g/mol. The Bertz CT molecular complexity index is 437. The third-order valence-electron chi connectivity index (χ3n) is 3.62. The number of anilines is 1. The van der Waals surface area contributed by atoms with Crippen molar-refractivity contribution < 1.29 is 4.79 Å². The van der Waals surface area contributed by atoms with E-state index in [0.717, 1.165) is 31.5 Å². The number of carbonyl (C=O) groups excluding carboxylic acids is 1. The number of piperidine rings is 1. The first-order valence-electron chi connectivity index (χ1n) is 6.42. The first-order valence-corrected chi connectivity index (χ1v) is 6.42. The standard InChI is InChI=1S/C14H21N3O/c1-10-4-3-5-12(13(10)15)14(18)16-11-6-8-17(2)9-7-11/h3-5,11H,6-9,15H2,1-2H3,(H,16,18). The number of likely N-dealkylation sites (tertiary alicyclic amines) is 1. The number of aryl methyl sites for hydroxylation is 1. The molecule has 0 saturated carbocycles. The second-order valence-corrected chi connectivity index (χ2v) is 5.09. The molecule has 18 heavy (non-hydrogen) atoms. The third-order valence-corrected chi connectivity index (χ3v) is 3.62. The van der Waals surface area contributed by atoms with Crippen LogP contribution in [-0.4, -0.2) is 37.0 Å². The highest BCUT2D eigenvalue weighted by molar-refractivity contribution is 5.99. The average Bonchev–Trinajstić information content (AvgIpc) is 2.35. The number of nitrogens with zero attached hydrogens (tertiary/aromatic N) is 1. The number of rotatable bonds is 2. The van der Waals surface area contributed by atoms with Gasteiger partial charge in [0.15, 0.2) is 0 Å². The summed E-state index contributed by atoms with van der Waals surface area (Å²) in [5, 5.41) is 3.08. The Morgan fingerprint density at radius 2 is 2.06 bits per heavy atom. The Morgan fingerprint density at radius 1 is 1.39 bits per heavy atom. The number of nitrogens with one attached hydrogen (secondary N) is 1. The summed E-state index contributed by atoms with van der Waals surface area (Å²) in [6.07, 6.45) is 2.02. The van der Waals surface area contributed by atoms with Crippen molar-refractivity contribution in [2.75, 3.05) is 25.9 Å². The van der Waals surface area contributed by atoms with Crippen molar-refractivity contribution in [3.05, 3.63) is 29.3 Å². The molecule has 3 N–H and O–H groups in total. The van der Waals surface area contributed by atoms with Crippen LogP contribution in [0.15, 0.2) is 18.2 Å². The van der Waals surface area contributed by atoms with Gasteiger partial charge in [0.1, 0.15) is 0 Å². The van der Waals surface area contributed by atoms with Gasteiger partial charge in [0.05, 0.1) is 5.56 Å². The largest absolute Gasteiger partial charge is 0.398 e. The molecule has 0 radical (unpaired) electrons. The van der Waals surface area contributed by atoms with Gasteiger partial charge in [0.2, 0.25) is 0 Å². The molecule has 1 amide bonds. The van der Waals surface area contributed by atoms with Crippen LogP contribution >= 0.6 is 0 Å². The molecule has 4 nitrogen and oxygen atoms in total. The smallest absolute Gasteiger partial charge is 0.253 e. The Kier molecular flexibility index (Phi) is 3.87. The number of carbonyl (C=O) groups is 1. The van der Waals surface area contributed by atoms with E-state index in [-0.39, 0.29) is 11.9 Å². The summed E-state index contributed by atoms with van der Waals surface area (Å²) < 4.78 is 0. The molecule has 2 rings (SSSR count). The number of hydrogen-bond donors (Lipinski definition) is 2. The third kappa shape index (κ3) is 2.82. The Hall–Kier alpha value is -1.55. The maximum atomic E-state index is 12.2. The quantitative estimate of drug-likeness (QED) is 0.777. The van der Waals surface area contributed by atoms with E-state index in [1.807, 2.05) is 19.1 Å². The zero-order chi connectivity index (χ0) is 13.1. The van der Waals surface area contributed by atoms with E-state index in [1.165, 1.54) is 0 Å². The first kappa shape index (κ1) is 12.9. The van der Waals surface area contributed by atoms with Gasteiger partial charge in [0, 0.05) is 11.7 Å². The SMILES string of the molecule is Cc1cccc(C(=O)NC2CCN(C)CC2)c1N. The zero-order valence-corrected chi connectivity index (χ0v) is 11.1. The molecule has 0 aliphatic carbocycles. The summed E-state index contributed by atoms with van der Waals surface area (Å²) in [5.41, 5.74) is 8.07. The summed E-state index contributed by atoms with van der Waals surface area (Å²) in [5.74, 6) is -0.0502. The van der Waals surface area contributed by atoms with Crippen molar-refractivity contribution in [2.45, 2.75) is 25.8 Å². The molecule has 1 saturated heterocycles. The van der Waals surface area contributed by atoms with Gasteiger partial charge in [-0.25, -0.2) is 0 Å². The van der Waals surface area contributed by atoms with Gasteiger partial charge in [-0.1, -0.05) is 12.1 Å². The van der Waals surface area contributed by atoms with Gasteiger partial charge < -0.3 is 16.0 Å². The molecule has 0 bridgehead atoms. The van der Waals surface area contributed by atoms with Gasteiger partial charge >= 0.3 is 0 Å². The zero-order valence-electron chi connectivity index (χ0n) is 11.1. The molecule has 1 aromatic carbocycles. The minimum atomic E-state index is -0.0502. The van der Waals surface area contributed by atoms with Gasteiger partial charge in [-0.05, 0) is 51.5 Å². The van der Waals surface area contributed by atoms with Crippen molar-refractivity contribution in [1.29, 1.82) is 0 Å². The van der Waals surface area contributed by atoms with Gasteiger partial charge in [-0.3, -0.25) is 4.79 Å². The second-order valence-electron chi connectivity index (χ2n) is 5.09. The number of nitrogen functional groups attached to an aromatic ring is 1.